The minimum atomic E-state index is -1.85. The van der Waals surface area contributed by atoms with Gasteiger partial charge in [0.05, 0.1) is 35.9 Å². The van der Waals surface area contributed by atoms with Crippen molar-refractivity contribution in [2.24, 2.45) is 22.7 Å². The van der Waals surface area contributed by atoms with Crippen molar-refractivity contribution < 1.29 is 84.7 Å². The second kappa shape index (κ2) is 16.1. The van der Waals surface area contributed by atoms with Crippen LogP contribution in [0.3, 0.4) is 0 Å². The van der Waals surface area contributed by atoms with Gasteiger partial charge in [-0.1, -0.05) is 26.0 Å². The molecule has 334 valence electrons. The average molecular weight is 841 g/mol. The third kappa shape index (κ3) is 7.35. The lowest BCUT2D eigenvalue weighted by Gasteiger charge is -2.62. The lowest BCUT2D eigenvalue weighted by molar-refractivity contribution is -0.323. The first-order chi connectivity index (χ1) is 27.3. The van der Waals surface area contributed by atoms with E-state index >= 15 is 0 Å². The maximum atomic E-state index is 14.9. The van der Waals surface area contributed by atoms with E-state index in [4.69, 9.17) is 23.7 Å². The molecule has 11 N–H and O–H groups in total. The molecule has 3 aliphatic carbocycles. The number of carbonyl (C=O) groups is 1. The summed E-state index contributed by atoms with van der Waals surface area (Å²) in [5.41, 5.74) is -3.74. The minimum absolute atomic E-state index is 0.0470. The molecule has 0 radical (unpaired) electrons. The molecule has 59 heavy (non-hydrogen) atoms. The maximum absolute atomic E-state index is 14.9. The van der Waals surface area contributed by atoms with Crippen LogP contribution in [0, 0.1) is 29.6 Å². The Morgan fingerprint density at radius 2 is 1.51 bits per heavy atom. The van der Waals surface area contributed by atoms with E-state index in [9.17, 15) is 61.0 Å². The molecule has 17 nitrogen and oxygen atoms in total. The summed E-state index contributed by atoms with van der Waals surface area (Å²) in [7, 11) is 1.53. The van der Waals surface area contributed by atoms with Crippen LogP contribution < -0.4 is 4.74 Å². The second-order valence-electron chi connectivity index (χ2n) is 18.9. The van der Waals surface area contributed by atoms with E-state index in [1.54, 1.807) is 26.8 Å². The van der Waals surface area contributed by atoms with Crippen LogP contribution >= 0.6 is 0 Å². The maximum Gasteiger partial charge on any atom is 0.229 e. The summed E-state index contributed by atoms with van der Waals surface area (Å²) < 4.78 is 28.2. The molecule has 2 saturated heterocycles. The third-order valence-corrected chi connectivity index (χ3v) is 15.1. The summed E-state index contributed by atoms with van der Waals surface area (Å²) in [6.07, 6.45) is -14.8. The van der Waals surface area contributed by atoms with Gasteiger partial charge in [-0.25, -0.2) is 0 Å². The highest BCUT2D eigenvalue weighted by Crippen LogP contribution is 2.72. The van der Waals surface area contributed by atoms with Gasteiger partial charge in [0, 0.05) is 19.4 Å². The van der Waals surface area contributed by atoms with E-state index in [1.807, 2.05) is 20.8 Å². The zero-order valence-electron chi connectivity index (χ0n) is 34.9. The van der Waals surface area contributed by atoms with Gasteiger partial charge in [-0.2, -0.15) is 0 Å². The van der Waals surface area contributed by atoms with Gasteiger partial charge in [-0.15, -0.1) is 0 Å². The number of Topliss-reactive ketones (excluding diaryl/α,β-unsaturated/α-hetero) is 1. The SMILES string of the molecule is COC(C)(C)/C=C/[C@H](O)[C@](C)(O)[C@H]1[C@H](O)C[C@@]2(C)[C@@H]3CCc4c(cc(O[C@@H]5O[C@H](CO[C@@H]6O[C@H](CO)[C@@H](O)[C@H](O)[C@H]6O)[C@@H](O)[C@H](O)[C@H]5O)c(O)c4C)[C@]3(C)C(=O)C[C@]12C. The van der Waals surface area contributed by atoms with Crippen LogP contribution in [-0.4, -0.2) is 167 Å². The molecule has 4 fully saturated rings. The Labute approximate surface area is 343 Å². The number of ketones is 1. The van der Waals surface area contributed by atoms with Crippen molar-refractivity contribution in [1.82, 2.24) is 0 Å². The molecule has 2 saturated carbocycles. The van der Waals surface area contributed by atoms with Gasteiger partial charge in [0.2, 0.25) is 6.29 Å². The standard InChI is InChI=1S/C42H64O17/c1-18-19-9-10-25-39(4)14-21(44)35(42(7,54)26(45)11-12-38(2,3)55-8)40(39,5)15-27(46)41(25,6)20(19)13-22(28(18)47)57-37-34(53)32(51)30(49)24(59-37)17-56-36-33(52)31(50)29(48)23(16-43)58-36/h11-13,21,23-26,29-37,43-45,47-54H,9-10,14-17H2,1-8H3/b12-11+/t21-,23-,24-,25+,26+,29-,30-,31+,32+,33-,34-,35+,36-,37-,39+,40-,41+,42+/m1/s1. The fraction of sp³-hybridized carbons (Fsp3) is 0.786. The van der Waals surface area contributed by atoms with Crippen LogP contribution in [0.1, 0.15) is 77.5 Å². The first-order valence-corrected chi connectivity index (χ1v) is 20.3. The number of rotatable bonds is 11. The number of carbonyl (C=O) groups excluding carboxylic acids is 1. The molecule has 0 bridgehead atoms. The first kappa shape index (κ1) is 46.2. The predicted octanol–water partition coefficient (Wildman–Crippen LogP) is -1.02. The van der Waals surface area contributed by atoms with E-state index in [0.29, 0.717) is 24.0 Å². The van der Waals surface area contributed by atoms with Crippen LogP contribution in [0.25, 0.3) is 0 Å². The molecule has 6 rings (SSSR count). The Bertz CT molecular complexity index is 1750. The number of hydrogen-bond donors (Lipinski definition) is 11. The molecule has 1 aromatic rings. The molecule has 1 aromatic carbocycles. The number of fused-ring (bicyclic) bond motifs is 5. The smallest absolute Gasteiger partial charge is 0.229 e. The number of benzene rings is 1. The predicted molar refractivity (Wildman–Crippen MR) is 206 cm³/mol. The summed E-state index contributed by atoms with van der Waals surface area (Å²) in [4.78, 5) is 14.9. The Morgan fingerprint density at radius 3 is 2.12 bits per heavy atom. The molecular formula is C42H64O17. The molecule has 18 atom stereocenters. The molecular weight excluding hydrogens is 776 g/mol. The number of ether oxygens (including phenoxy) is 5. The molecule has 2 aliphatic heterocycles. The number of phenolic OH excluding ortho intramolecular Hbond substituents is 1. The number of hydrogen-bond acceptors (Lipinski definition) is 17. The highest BCUT2D eigenvalue weighted by atomic mass is 16.7. The van der Waals surface area contributed by atoms with Gasteiger partial charge in [-0.05, 0) is 93.4 Å². The van der Waals surface area contributed by atoms with Crippen LogP contribution in [0.2, 0.25) is 0 Å². The fourth-order valence-corrected chi connectivity index (χ4v) is 11.2. The molecule has 0 amide bonds. The molecule has 0 unspecified atom stereocenters. The third-order valence-electron chi connectivity index (χ3n) is 15.1. The summed E-state index contributed by atoms with van der Waals surface area (Å²) in [5.74, 6) is -1.93. The van der Waals surface area contributed by atoms with Crippen molar-refractivity contribution in [2.75, 3.05) is 20.3 Å². The lowest BCUT2D eigenvalue weighted by atomic mass is 9.41. The summed E-state index contributed by atoms with van der Waals surface area (Å²) in [5, 5.41) is 119. The van der Waals surface area contributed by atoms with E-state index in [0.717, 1.165) is 5.56 Å². The van der Waals surface area contributed by atoms with Gasteiger partial charge in [0.25, 0.3) is 0 Å². The van der Waals surface area contributed by atoms with Crippen molar-refractivity contribution in [1.29, 1.82) is 0 Å². The first-order valence-electron chi connectivity index (χ1n) is 20.3. The van der Waals surface area contributed by atoms with Gasteiger partial charge >= 0.3 is 0 Å². The van der Waals surface area contributed by atoms with Crippen molar-refractivity contribution in [3.63, 3.8) is 0 Å². The summed E-state index contributed by atoms with van der Waals surface area (Å²) in [6, 6.07) is 1.52. The van der Waals surface area contributed by atoms with Crippen LogP contribution in [0.5, 0.6) is 11.5 Å². The van der Waals surface area contributed by atoms with Crippen molar-refractivity contribution in [2.45, 2.75) is 164 Å². The highest BCUT2D eigenvalue weighted by Gasteiger charge is 2.73. The van der Waals surface area contributed by atoms with Gasteiger partial charge in [0.1, 0.15) is 60.7 Å². The topological polar surface area (TPSA) is 286 Å². The molecule has 0 aromatic heterocycles. The number of methoxy groups -OCH3 is 1. The van der Waals surface area contributed by atoms with E-state index in [-0.39, 0.29) is 36.0 Å². The zero-order chi connectivity index (χ0) is 43.9. The van der Waals surface area contributed by atoms with Crippen molar-refractivity contribution in [3.05, 3.63) is 34.9 Å². The van der Waals surface area contributed by atoms with E-state index in [1.165, 1.54) is 26.2 Å². The monoisotopic (exact) mass is 840 g/mol. The zero-order valence-corrected chi connectivity index (χ0v) is 34.9. The Hall–Kier alpha value is -2.33. The summed E-state index contributed by atoms with van der Waals surface area (Å²) >= 11 is 0. The number of phenols is 1. The number of aromatic hydroxyl groups is 1. The molecule has 0 spiro atoms. The highest BCUT2D eigenvalue weighted by molar-refractivity contribution is 5.93. The Morgan fingerprint density at radius 1 is 0.915 bits per heavy atom. The van der Waals surface area contributed by atoms with Gasteiger partial charge < -0.3 is 79.9 Å². The lowest BCUT2D eigenvalue weighted by Crippen LogP contribution is -2.64. The molecule has 5 aliphatic rings. The summed E-state index contributed by atoms with van der Waals surface area (Å²) in [6.45, 7) is 11.2. The van der Waals surface area contributed by atoms with E-state index in [2.05, 4.69) is 0 Å². The number of aliphatic hydroxyl groups excluding tert-OH is 9. The minimum Gasteiger partial charge on any atom is -0.504 e. The molecule has 17 heteroatoms. The van der Waals surface area contributed by atoms with Crippen molar-refractivity contribution >= 4 is 5.78 Å². The second-order valence-corrected chi connectivity index (χ2v) is 18.9. The van der Waals surface area contributed by atoms with Crippen LogP contribution in [0.15, 0.2) is 18.2 Å². The van der Waals surface area contributed by atoms with Crippen LogP contribution in [-0.2, 0) is 35.6 Å². The average Bonchev–Trinajstić information content (AvgIpc) is 3.39. The largest absolute Gasteiger partial charge is 0.504 e. The number of aliphatic hydroxyl groups is 10. The van der Waals surface area contributed by atoms with Gasteiger partial charge in [0.15, 0.2) is 17.8 Å². The normalized spacial score (nSPS) is 44.1. The fourth-order valence-electron chi connectivity index (χ4n) is 11.2. The van der Waals surface area contributed by atoms with E-state index < -0.39 is 120 Å². The van der Waals surface area contributed by atoms with Crippen LogP contribution in [0.4, 0.5) is 0 Å². The van der Waals surface area contributed by atoms with Crippen molar-refractivity contribution in [3.8, 4) is 11.5 Å². The Kier molecular flexibility index (Phi) is 12.6. The molecule has 2 heterocycles. The Balaban J connectivity index is 1.28. The van der Waals surface area contributed by atoms with Gasteiger partial charge in [-0.3, -0.25) is 4.79 Å². The quantitative estimate of drug-likeness (QED) is 0.119.